The van der Waals surface area contributed by atoms with Crippen LogP contribution >= 0.6 is 15.9 Å². The number of fused-ring (bicyclic) bond motifs is 1. The summed E-state index contributed by atoms with van der Waals surface area (Å²) < 4.78 is 1.97. The fraction of sp³-hybridized carbons (Fsp3) is 0.690. The molecular weight excluding hydrogens is 502 g/mol. The molecule has 1 amide bonds. The van der Waals surface area contributed by atoms with Gasteiger partial charge < -0.3 is 9.30 Å². The minimum atomic E-state index is -0.206. The van der Waals surface area contributed by atoms with Gasteiger partial charge in [0.2, 0.25) is 0 Å². The number of pyridine rings is 1. The largest absolute Gasteiger partial charge is 0.339 e. The van der Waals surface area contributed by atoms with Gasteiger partial charge >= 0.3 is 0 Å². The van der Waals surface area contributed by atoms with Gasteiger partial charge in [0.15, 0.2) is 5.78 Å². The van der Waals surface area contributed by atoms with Crippen molar-refractivity contribution in [2.24, 2.45) is 11.3 Å². The summed E-state index contributed by atoms with van der Waals surface area (Å²) in [5, 5.41) is 0. The van der Waals surface area contributed by atoms with Crippen LogP contribution in [0.1, 0.15) is 110 Å². The molecule has 0 N–H and O–H groups in total. The second kappa shape index (κ2) is 12.5. The number of Topliss-reactive ketones (excluding diaryl/α,β-unsaturated/α-hetero) is 1. The number of hydrogen-bond donors (Lipinski definition) is 0. The third-order valence-corrected chi connectivity index (χ3v) is 7.60. The van der Waals surface area contributed by atoms with E-state index in [2.05, 4.69) is 41.7 Å². The topological polar surface area (TPSA) is 54.7 Å². The van der Waals surface area contributed by atoms with Crippen molar-refractivity contribution in [3.05, 3.63) is 35.8 Å². The van der Waals surface area contributed by atoms with Gasteiger partial charge in [0.05, 0.1) is 10.5 Å². The lowest BCUT2D eigenvalue weighted by Gasteiger charge is -2.26. The summed E-state index contributed by atoms with van der Waals surface area (Å²) in [5.74, 6) is 1.19. The van der Waals surface area contributed by atoms with E-state index in [4.69, 9.17) is 0 Å². The number of carbonyl (C=O) groups excluding carboxylic acids is 2. The van der Waals surface area contributed by atoms with Gasteiger partial charge in [-0.15, -0.1) is 0 Å². The van der Waals surface area contributed by atoms with E-state index in [0.29, 0.717) is 11.3 Å². The number of rotatable bonds is 6. The first kappa shape index (κ1) is 29.5. The third-order valence-electron chi connectivity index (χ3n) is 6.81. The van der Waals surface area contributed by atoms with Gasteiger partial charge in [0, 0.05) is 41.9 Å². The number of ketones is 1. The van der Waals surface area contributed by atoms with E-state index < -0.39 is 0 Å². The second-order valence-corrected chi connectivity index (χ2v) is 13.0. The lowest BCUT2D eigenvalue weighted by Crippen LogP contribution is -2.30. The van der Waals surface area contributed by atoms with E-state index >= 15 is 0 Å². The van der Waals surface area contributed by atoms with Gasteiger partial charge in [-0.1, -0.05) is 89.6 Å². The Morgan fingerprint density at radius 3 is 2.20 bits per heavy atom. The molecule has 0 saturated heterocycles. The Hall–Kier alpha value is -1.69. The maximum atomic E-state index is 12.3. The number of carbonyl (C=O) groups is 2. The van der Waals surface area contributed by atoms with E-state index in [1.165, 1.54) is 32.1 Å². The summed E-state index contributed by atoms with van der Waals surface area (Å²) in [7, 11) is 0. The number of halogens is 1. The van der Waals surface area contributed by atoms with Crippen LogP contribution in [0.3, 0.4) is 0 Å². The number of hydrogen-bond acceptors (Lipinski definition) is 3. The van der Waals surface area contributed by atoms with Gasteiger partial charge in [0.1, 0.15) is 5.65 Å². The van der Waals surface area contributed by atoms with Crippen LogP contribution in [0.15, 0.2) is 24.5 Å². The first-order chi connectivity index (χ1) is 16.3. The van der Waals surface area contributed by atoms with Crippen molar-refractivity contribution in [3.8, 4) is 0 Å². The Bertz CT molecular complexity index is 974. The van der Waals surface area contributed by atoms with E-state index in [1.807, 2.05) is 68.4 Å². The van der Waals surface area contributed by atoms with Crippen molar-refractivity contribution < 1.29 is 9.59 Å². The molecule has 2 aromatic heterocycles. The highest BCUT2D eigenvalue weighted by atomic mass is 79.9. The standard InChI is InChI=1S/C16H23N3O.C13H23BrO/c1-6-18(7-2)15(20)12-8-9-19-11-13(16(3,4)5)17-14(19)10-12;1-13(2,3)12(15)11(14)9-10-7-5-4-6-8-10/h8-11H,6-7H2,1-5H3;10-11H,4-9H2,1-3H3. The minimum absolute atomic E-state index is 0.00899. The Morgan fingerprint density at radius 1 is 1.09 bits per heavy atom. The molecule has 2 aromatic rings. The van der Waals surface area contributed by atoms with E-state index in [-0.39, 0.29) is 21.6 Å². The van der Waals surface area contributed by atoms with Gasteiger partial charge in [0.25, 0.3) is 5.91 Å². The fourth-order valence-corrected chi connectivity index (χ4v) is 5.68. The average molecular weight is 549 g/mol. The minimum Gasteiger partial charge on any atom is -0.339 e. The normalized spacial score (nSPS) is 15.9. The first-order valence-corrected chi connectivity index (χ1v) is 14.2. The summed E-state index contributed by atoms with van der Waals surface area (Å²) in [6.45, 7) is 17.9. The molecule has 0 spiro atoms. The predicted molar refractivity (Wildman–Crippen MR) is 150 cm³/mol. The molecule has 0 aliphatic heterocycles. The molecule has 1 aliphatic carbocycles. The van der Waals surface area contributed by atoms with Crippen LogP contribution in [0, 0.1) is 11.3 Å². The van der Waals surface area contributed by atoms with Crippen LogP contribution in [0.25, 0.3) is 5.65 Å². The van der Waals surface area contributed by atoms with Crippen LogP contribution in [0.4, 0.5) is 0 Å². The highest BCUT2D eigenvalue weighted by Crippen LogP contribution is 2.32. The van der Waals surface area contributed by atoms with Crippen LogP contribution in [-0.2, 0) is 10.2 Å². The molecule has 35 heavy (non-hydrogen) atoms. The molecule has 0 radical (unpaired) electrons. The van der Waals surface area contributed by atoms with Gasteiger partial charge in [-0.3, -0.25) is 9.59 Å². The zero-order chi connectivity index (χ0) is 26.4. The molecule has 1 unspecified atom stereocenters. The van der Waals surface area contributed by atoms with Crippen molar-refractivity contribution in [3.63, 3.8) is 0 Å². The number of aromatic nitrogens is 2. The molecule has 6 heteroatoms. The van der Waals surface area contributed by atoms with Gasteiger partial charge in [-0.2, -0.15) is 0 Å². The Labute approximate surface area is 221 Å². The maximum Gasteiger partial charge on any atom is 0.254 e. The zero-order valence-corrected chi connectivity index (χ0v) is 24.7. The molecule has 1 saturated carbocycles. The molecule has 0 aromatic carbocycles. The van der Waals surface area contributed by atoms with Crippen molar-refractivity contribution in [2.45, 2.75) is 104 Å². The first-order valence-electron chi connectivity index (χ1n) is 13.2. The number of amides is 1. The highest BCUT2D eigenvalue weighted by Gasteiger charge is 2.30. The van der Waals surface area contributed by atoms with Gasteiger partial charge in [-0.25, -0.2) is 4.98 Å². The summed E-state index contributed by atoms with van der Waals surface area (Å²) >= 11 is 3.57. The molecule has 1 aliphatic rings. The monoisotopic (exact) mass is 547 g/mol. The molecule has 5 nitrogen and oxygen atoms in total. The van der Waals surface area contributed by atoms with Gasteiger partial charge in [-0.05, 0) is 38.3 Å². The quantitative estimate of drug-likeness (QED) is 0.353. The predicted octanol–water partition coefficient (Wildman–Crippen LogP) is 7.45. The van der Waals surface area contributed by atoms with Crippen LogP contribution in [0.2, 0.25) is 0 Å². The van der Waals surface area contributed by atoms with Crippen molar-refractivity contribution in [2.75, 3.05) is 13.1 Å². The van der Waals surface area contributed by atoms with E-state index in [0.717, 1.165) is 36.8 Å². The molecular formula is C29H46BrN3O2. The lowest BCUT2D eigenvalue weighted by atomic mass is 9.82. The van der Waals surface area contributed by atoms with Crippen LogP contribution in [0.5, 0.6) is 0 Å². The molecule has 0 bridgehead atoms. The Kier molecular flexibility index (Phi) is 10.6. The number of alkyl halides is 1. The van der Waals surface area contributed by atoms with E-state index in [9.17, 15) is 9.59 Å². The van der Waals surface area contributed by atoms with Crippen molar-refractivity contribution >= 4 is 33.3 Å². The Balaban J connectivity index is 0.000000258. The summed E-state index contributed by atoms with van der Waals surface area (Å²) in [4.78, 5) is 30.9. The summed E-state index contributed by atoms with van der Waals surface area (Å²) in [5.41, 5.74) is 2.36. The summed E-state index contributed by atoms with van der Waals surface area (Å²) in [6, 6.07) is 3.73. The van der Waals surface area contributed by atoms with Crippen LogP contribution < -0.4 is 0 Å². The molecule has 1 atom stereocenters. The highest BCUT2D eigenvalue weighted by molar-refractivity contribution is 9.10. The second-order valence-electron chi connectivity index (χ2n) is 11.9. The molecule has 2 heterocycles. The number of imidazole rings is 1. The van der Waals surface area contributed by atoms with Crippen LogP contribution in [-0.4, -0.2) is 43.9 Å². The zero-order valence-electron chi connectivity index (χ0n) is 23.2. The molecule has 196 valence electrons. The average Bonchev–Trinajstić information content (AvgIpc) is 3.24. The SMILES string of the molecule is CC(C)(C)C(=O)C(Br)CC1CCCCC1.CCN(CC)C(=O)c1ccn2cc(C(C)(C)C)nc2c1. The Morgan fingerprint density at radius 2 is 1.69 bits per heavy atom. The molecule has 1 fully saturated rings. The van der Waals surface area contributed by atoms with Crippen molar-refractivity contribution in [1.29, 1.82) is 0 Å². The maximum absolute atomic E-state index is 12.3. The smallest absolute Gasteiger partial charge is 0.254 e. The number of nitrogens with zero attached hydrogens (tertiary/aromatic N) is 3. The van der Waals surface area contributed by atoms with E-state index in [1.54, 1.807) is 0 Å². The molecule has 3 rings (SSSR count). The lowest BCUT2D eigenvalue weighted by molar-refractivity contribution is -0.125. The third kappa shape index (κ3) is 8.44. The van der Waals surface area contributed by atoms with Crippen molar-refractivity contribution in [1.82, 2.24) is 14.3 Å². The fourth-order valence-electron chi connectivity index (χ4n) is 4.46. The summed E-state index contributed by atoms with van der Waals surface area (Å²) in [6.07, 6.45) is 11.7.